The first kappa shape index (κ1) is 12.7. The predicted octanol–water partition coefficient (Wildman–Crippen LogP) is 1.31. The zero-order valence-electron chi connectivity index (χ0n) is 9.87. The number of hydrogen-bond donors (Lipinski definition) is 3. The first-order chi connectivity index (χ1) is 8.75. The molecule has 3 N–H and O–H groups in total. The zero-order valence-corrected chi connectivity index (χ0v) is 10.6. The van der Waals surface area contributed by atoms with Crippen molar-refractivity contribution in [1.29, 1.82) is 0 Å². The fourth-order valence-electron chi connectivity index (χ4n) is 1.56. The summed E-state index contributed by atoms with van der Waals surface area (Å²) in [7, 11) is 0. The van der Waals surface area contributed by atoms with Crippen molar-refractivity contribution in [3.05, 3.63) is 34.9 Å². The number of aliphatic imine (C=N–C) groups is 1. The van der Waals surface area contributed by atoms with E-state index in [2.05, 4.69) is 21.2 Å². The molecule has 1 aliphatic rings. The Bertz CT molecular complexity index is 444. The lowest BCUT2D eigenvalue weighted by atomic mass is 10.2. The Morgan fingerprint density at radius 1 is 1.28 bits per heavy atom. The smallest absolute Gasteiger partial charge is 0.269 e. The minimum absolute atomic E-state index is 0.222. The molecule has 0 bridgehead atoms. The van der Waals surface area contributed by atoms with Crippen molar-refractivity contribution in [3.8, 4) is 0 Å². The molecule has 1 amide bonds. The maximum absolute atomic E-state index is 11.8. The van der Waals surface area contributed by atoms with E-state index in [1.54, 1.807) is 24.3 Å². The van der Waals surface area contributed by atoms with Gasteiger partial charge in [-0.05, 0) is 37.1 Å². The number of carbonyl (C=O) groups excluding carboxylic acids is 1. The van der Waals surface area contributed by atoms with Crippen LogP contribution in [0.2, 0.25) is 5.02 Å². The molecule has 1 heterocycles. The molecular formula is C12H15ClN4O. The van der Waals surface area contributed by atoms with Crippen molar-refractivity contribution in [2.24, 2.45) is 4.99 Å². The largest absolute Gasteiger partial charge is 0.355 e. The Kier molecular flexibility index (Phi) is 4.41. The molecule has 0 saturated carbocycles. The highest BCUT2D eigenvalue weighted by Gasteiger charge is 2.07. The van der Waals surface area contributed by atoms with Crippen molar-refractivity contribution in [2.75, 3.05) is 13.1 Å². The van der Waals surface area contributed by atoms with Gasteiger partial charge < -0.3 is 5.32 Å². The van der Waals surface area contributed by atoms with Gasteiger partial charge in [-0.15, -0.1) is 0 Å². The maximum atomic E-state index is 11.8. The van der Waals surface area contributed by atoms with Gasteiger partial charge in [0.25, 0.3) is 5.91 Å². The van der Waals surface area contributed by atoms with E-state index in [1.807, 2.05) is 0 Å². The van der Waals surface area contributed by atoms with Gasteiger partial charge in [0.1, 0.15) is 0 Å². The van der Waals surface area contributed by atoms with Crippen molar-refractivity contribution in [2.45, 2.75) is 12.8 Å². The molecule has 0 spiro atoms. The molecule has 0 saturated heterocycles. The summed E-state index contributed by atoms with van der Waals surface area (Å²) in [4.78, 5) is 16.0. The van der Waals surface area contributed by atoms with Gasteiger partial charge in [-0.1, -0.05) is 11.6 Å². The van der Waals surface area contributed by atoms with Gasteiger partial charge in [0.15, 0.2) is 0 Å². The average Bonchev–Trinajstić information content (AvgIpc) is 2.65. The second-order valence-corrected chi connectivity index (χ2v) is 4.39. The van der Waals surface area contributed by atoms with Crippen LogP contribution in [-0.4, -0.2) is 25.0 Å². The summed E-state index contributed by atoms with van der Waals surface area (Å²) >= 11 is 5.76. The van der Waals surface area contributed by atoms with Crippen molar-refractivity contribution >= 4 is 23.5 Å². The highest BCUT2D eigenvalue weighted by molar-refractivity contribution is 6.30. The lowest BCUT2D eigenvalue weighted by molar-refractivity contribution is 0.0943. The molecule has 0 unspecified atom stereocenters. The van der Waals surface area contributed by atoms with E-state index < -0.39 is 0 Å². The van der Waals surface area contributed by atoms with Gasteiger partial charge in [0.2, 0.25) is 5.96 Å². The van der Waals surface area contributed by atoms with Crippen LogP contribution in [0.5, 0.6) is 0 Å². The second-order valence-electron chi connectivity index (χ2n) is 3.95. The summed E-state index contributed by atoms with van der Waals surface area (Å²) in [5.74, 6) is 0.384. The summed E-state index contributed by atoms with van der Waals surface area (Å²) in [6.07, 6.45) is 2.14. The third-order valence-corrected chi connectivity index (χ3v) is 2.80. The number of rotatable bonds is 1. The van der Waals surface area contributed by atoms with E-state index in [0.29, 0.717) is 16.5 Å². The van der Waals surface area contributed by atoms with Gasteiger partial charge in [-0.3, -0.25) is 20.6 Å². The van der Waals surface area contributed by atoms with E-state index in [0.717, 1.165) is 25.9 Å². The summed E-state index contributed by atoms with van der Waals surface area (Å²) < 4.78 is 0. The van der Waals surface area contributed by atoms with Gasteiger partial charge >= 0.3 is 0 Å². The molecule has 0 aromatic heterocycles. The summed E-state index contributed by atoms with van der Waals surface area (Å²) in [6.45, 7) is 1.63. The summed E-state index contributed by atoms with van der Waals surface area (Å²) in [5.41, 5.74) is 5.91. The van der Waals surface area contributed by atoms with E-state index >= 15 is 0 Å². The molecule has 2 rings (SSSR count). The summed E-state index contributed by atoms with van der Waals surface area (Å²) in [5, 5.41) is 3.71. The van der Waals surface area contributed by atoms with E-state index in [9.17, 15) is 4.79 Å². The monoisotopic (exact) mass is 266 g/mol. The van der Waals surface area contributed by atoms with Crippen LogP contribution in [0.1, 0.15) is 23.2 Å². The average molecular weight is 267 g/mol. The quantitative estimate of drug-likeness (QED) is 0.672. The number of benzene rings is 1. The van der Waals surface area contributed by atoms with Crippen LogP contribution in [0.3, 0.4) is 0 Å². The molecule has 18 heavy (non-hydrogen) atoms. The van der Waals surface area contributed by atoms with Crippen LogP contribution in [0.15, 0.2) is 29.3 Å². The molecule has 0 radical (unpaired) electrons. The molecule has 6 heteroatoms. The molecule has 1 aromatic rings. The van der Waals surface area contributed by atoms with Crippen LogP contribution in [-0.2, 0) is 0 Å². The number of halogens is 1. The number of nitrogens with zero attached hydrogens (tertiary/aromatic N) is 1. The third kappa shape index (κ3) is 3.63. The number of guanidine groups is 1. The molecule has 1 aromatic carbocycles. The fraction of sp³-hybridized carbons (Fsp3) is 0.333. The summed E-state index contributed by atoms with van der Waals surface area (Å²) in [6, 6.07) is 6.69. The lowest BCUT2D eigenvalue weighted by Crippen LogP contribution is -2.47. The molecule has 96 valence electrons. The van der Waals surface area contributed by atoms with Crippen LogP contribution in [0.4, 0.5) is 0 Å². The Morgan fingerprint density at radius 2 is 2.06 bits per heavy atom. The SMILES string of the molecule is O=C(NNC1=NCCCCN1)c1ccc(Cl)cc1. The topological polar surface area (TPSA) is 65.5 Å². The first-order valence-electron chi connectivity index (χ1n) is 5.86. The van der Waals surface area contributed by atoms with Crippen LogP contribution < -0.4 is 16.2 Å². The maximum Gasteiger partial charge on any atom is 0.269 e. The molecule has 1 aliphatic heterocycles. The van der Waals surface area contributed by atoms with Crippen LogP contribution in [0, 0.1) is 0 Å². The normalized spacial score (nSPS) is 15.1. The number of carbonyl (C=O) groups is 1. The zero-order chi connectivity index (χ0) is 12.8. The van der Waals surface area contributed by atoms with Gasteiger partial charge in [0.05, 0.1) is 0 Å². The predicted molar refractivity (Wildman–Crippen MR) is 71.6 cm³/mol. The third-order valence-electron chi connectivity index (χ3n) is 2.55. The Balaban J connectivity index is 1.87. The molecule has 0 aliphatic carbocycles. The highest BCUT2D eigenvalue weighted by Crippen LogP contribution is 2.08. The fourth-order valence-corrected chi connectivity index (χ4v) is 1.69. The number of hydrazine groups is 1. The minimum atomic E-state index is -0.222. The highest BCUT2D eigenvalue weighted by atomic mass is 35.5. The number of amides is 1. The Labute approximate surface area is 111 Å². The standard InChI is InChI=1S/C12H15ClN4O/c13-10-5-3-9(4-6-10)11(18)16-17-12-14-7-1-2-8-15-12/h3-6H,1-2,7-8H2,(H,16,18)(H2,14,15,17). The van der Waals surface area contributed by atoms with E-state index in [4.69, 9.17) is 11.6 Å². The number of nitrogens with one attached hydrogen (secondary N) is 3. The number of hydrogen-bond acceptors (Lipinski definition) is 4. The Morgan fingerprint density at radius 3 is 2.83 bits per heavy atom. The second kappa shape index (κ2) is 6.26. The first-order valence-corrected chi connectivity index (χ1v) is 6.24. The van der Waals surface area contributed by atoms with E-state index in [1.165, 1.54) is 0 Å². The van der Waals surface area contributed by atoms with Gasteiger partial charge in [-0.25, -0.2) is 0 Å². The molecule has 0 fully saturated rings. The molecule has 0 atom stereocenters. The van der Waals surface area contributed by atoms with Crippen molar-refractivity contribution in [3.63, 3.8) is 0 Å². The molecular weight excluding hydrogens is 252 g/mol. The molecule has 5 nitrogen and oxygen atoms in total. The Hall–Kier alpha value is -1.75. The van der Waals surface area contributed by atoms with Crippen molar-refractivity contribution in [1.82, 2.24) is 16.2 Å². The van der Waals surface area contributed by atoms with Crippen molar-refractivity contribution < 1.29 is 4.79 Å². The van der Waals surface area contributed by atoms with E-state index in [-0.39, 0.29) is 5.91 Å². The van der Waals surface area contributed by atoms with Crippen LogP contribution >= 0.6 is 11.6 Å². The lowest BCUT2D eigenvalue weighted by Gasteiger charge is -2.11. The van der Waals surface area contributed by atoms with Gasteiger partial charge in [0, 0.05) is 23.7 Å². The van der Waals surface area contributed by atoms with Crippen LogP contribution in [0.25, 0.3) is 0 Å². The minimum Gasteiger partial charge on any atom is -0.355 e. The van der Waals surface area contributed by atoms with Gasteiger partial charge in [-0.2, -0.15) is 0 Å².